The maximum Gasteiger partial charge on any atom is 0.317 e. The van der Waals surface area contributed by atoms with E-state index in [1.807, 2.05) is 37.6 Å². The van der Waals surface area contributed by atoms with Crippen LogP contribution < -0.4 is 5.32 Å². The smallest absolute Gasteiger partial charge is 0.317 e. The molecule has 1 saturated heterocycles. The average Bonchev–Trinajstić information content (AvgIpc) is 3.27. The minimum atomic E-state index is -0.0787. The first-order valence-corrected chi connectivity index (χ1v) is 8.72. The van der Waals surface area contributed by atoms with E-state index in [2.05, 4.69) is 15.4 Å². The molecule has 0 aliphatic carbocycles. The molecule has 134 valence electrons. The number of hydrogen-bond acceptors (Lipinski definition) is 4. The molecule has 0 spiro atoms. The second-order valence-corrected chi connectivity index (χ2v) is 6.34. The van der Waals surface area contributed by atoms with Crippen LogP contribution in [0.25, 0.3) is 0 Å². The summed E-state index contributed by atoms with van der Waals surface area (Å²) in [5, 5.41) is 7.14. The maximum atomic E-state index is 12.6. The van der Waals surface area contributed by atoms with Gasteiger partial charge < -0.3 is 15.0 Å². The molecule has 0 aromatic carbocycles. The van der Waals surface area contributed by atoms with Crippen LogP contribution in [0, 0.1) is 0 Å². The molecule has 2 aromatic heterocycles. The Hall–Kier alpha value is -2.41. The summed E-state index contributed by atoms with van der Waals surface area (Å²) < 4.78 is 7.46. The third kappa shape index (κ3) is 5.29. The van der Waals surface area contributed by atoms with Crippen LogP contribution >= 0.6 is 0 Å². The summed E-state index contributed by atoms with van der Waals surface area (Å²) in [5.41, 5.74) is 1.99. The highest BCUT2D eigenvalue weighted by Gasteiger charge is 2.23. The number of pyridine rings is 1. The first-order valence-electron chi connectivity index (χ1n) is 8.72. The standard InChI is InChI=1S/C18H25N5O2/c1-22-12-15(11-21-22)7-9-20-18(24)23(14-17-6-4-10-25-17)13-16-5-2-3-8-19-16/h2-3,5,8,11-12,17H,4,6-7,9-10,13-14H2,1H3,(H,20,24)/t17-/m0/s1. The van der Waals surface area contributed by atoms with Crippen molar-refractivity contribution < 1.29 is 9.53 Å². The van der Waals surface area contributed by atoms with Gasteiger partial charge in [-0.2, -0.15) is 5.10 Å². The number of nitrogens with zero attached hydrogens (tertiary/aromatic N) is 4. The minimum Gasteiger partial charge on any atom is -0.376 e. The molecule has 0 saturated carbocycles. The summed E-state index contributed by atoms with van der Waals surface area (Å²) in [5.74, 6) is 0. The van der Waals surface area contributed by atoms with Gasteiger partial charge in [0, 0.05) is 39.1 Å². The van der Waals surface area contributed by atoms with Gasteiger partial charge in [-0.05, 0) is 37.0 Å². The number of ether oxygens (including phenoxy) is 1. The lowest BCUT2D eigenvalue weighted by Gasteiger charge is -2.25. The molecule has 3 rings (SSSR count). The molecule has 0 bridgehead atoms. The first-order chi connectivity index (χ1) is 12.2. The van der Waals surface area contributed by atoms with Crippen LogP contribution in [-0.2, 0) is 24.8 Å². The SMILES string of the molecule is Cn1cc(CCNC(=O)N(Cc2ccccn2)C[C@@H]2CCCO2)cn1. The zero-order valence-electron chi connectivity index (χ0n) is 14.6. The number of hydrogen-bond donors (Lipinski definition) is 1. The van der Waals surface area contributed by atoms with Crippen molar-refractivity contribution in [2.75, 3.05) is 19.7 Å². The number of nitrogens with one attached hydrogen (secondary N) is 1. The molecular formula is C18H25N5O2. The van der Waals surface area contributed by atoms with E-state index in [4.69, 9.17) is 4.74 Å². The molecule has 7 heteroatoms. The largest absolute Gasteiger partial charge is 0.376 e. The van der Waals surface area contributed by atoms with Gasteiger partial charge in [-0.15, -0.1) is 0 Å². The van der Waals surface area contributed by atoms with Gasteiger partial charge in [-0.25, -0.2) is 4.79 Å². The zero-order chi connectivity index (χ0) is 17.5. The van der Waals surface area contributed by atoms with Gasteiger partial charge in [0.1, 0.15) is 0 Å². The molecule has 1 N–H and O–H groups in total. The third-order valence-corrected chi connectivity index (χ3v) is 4.26. The van der Waals surface area contributed by atoms with E-state index in [1.54, 1.807) is 15.8 Å². The fraction of sp³-hybridized carbons (Fsp3) is 0.500. The lowest BCUT2D eigenvalue weighted by atomic mass is 10.2. The number of rotatable bonds is 7. The zero-order valence-corrected chi connectivity index (χ0v) is 14.6. The molecule has 3 heterocycles. The van der Waals surface area contributed by atoms with Crippen LogP contribution in [0.5, 0.6) is 0 Å². The van der Waals surface area contributed by atoms with Gasteiger partial charge in [0.15, 0.2) is 0 Å². The molecule has 1 atom stereocenters. The highest BCUT2D eigenvalue weighted by molar-refractivity contribution is 5.74. The van der Waals surface area contributed by atoms with Crippen molar-refractivity contribution in [1.29, 1.82) is 0 Å². The summed E-state index contributed by atoms with van der Waals surface area (Å²) in [7, 11) is 1.89. The molecule has 2 amide bonds. The van der Waals surface area contributed by atoms with Crippen molar-refractivity contribution in [2.45, 2.75) is 31.9 Å². The Labute approximate surface area is 148 Å². The number of carbonyl (C=O) groups excluding carboxylic acids is 1. The second-order valence-electron chi connectivity index (χ2n) is 6.34. The van der Waals surface area contributed by atoms with Gasteiger partial charge >= 0.3 is 6.03 Å². The van der Waals surface area contributed by atoms with Crippen LogP contribution in [0.4, 0.5) is 4.79 Å². The molecule has 0 unspecified atom stereocenters. The normalized spacial score (nSPS) is 16.8. The van der Waals surface area contributed by atoms with Crippen LogP contribution in [0.2, 0.25) is 0 Å². The molecule has 1 aliphatic heterocycles. The maximum absolute atomic E-state index is 12.6. The van der Waals surface area contributed by atoms with Crippen molar-refractivity contribution in [3.05, 3.63) is 48.0 Å². The van der Waals surface area contributed by atoms with Crippen molar-refractivity contribution in [3.63, 3.8) is 0 Å². The van der Waals surface area contributed by atoms with Crippen LogP contribution in [0.3, 0.4) is 0 Å². The summed E-state index contributed by atoms with van der Waals surface area (Å²) in [4.78, 5) is 18.8. The van der Waals surface area contributed by atoms with E-state index in [1.165, 1.54) is 0 Å². The summed E-state index contributed by atoms with van der Waals surface area (Å²) >= 11 is 0. The monoisotopic (exact) mass is 343 g/mol. The molecule has 0 radical (unpaired) electrons. The number of aromatic nitrogens is 3. The minimum absolute atomic E-state index is 0.0787. The van der Waals surface area contributed by atoms with Crippen molar-refractivity contribution in [3.8, 4) is 0 Å². The third-order valence-electron chi connectivity index (χ3n) is 4.26. The highest BCUT2D eigenvalue weighted by atomic mass is 16.5. The Morgan fingerprint density at radius 2 is 2.40 bits per heavy atom. The Morgan fingerprint density at radius 1 is 1.48 bits per heavy atom. The van der Waals surface area contributed by atoms with E-state index in [9.17, 15) is 4.79 Å². The van der Waals surface area contributed by atoms with Crippen molar-refractivity contribution in [2.24, 2.45) is 7.05 Å². The summed E-state index contributed by atoms with van der Waals surface area (Å²) in [6, 6.07) is 5.67. The molecular weight excluding hydrogens is 318 g/mol. The molecule has 1 aliphatic rings. The molecule has 1 fully saturated rings. The Balaban J connectivity index is 1.55. The molecule has 25 heavy (non-hydrogen) atoms. The van der Waals surface area contributed by atoms with Crippen LogP contribution in [0.15, 0.2) is 36.8 Å². The summed E-state index contributed by atoms with van der Waals surface area (Å²) in [6.07, 6.45) is 8.48. The quantitative estimate of drug-likeness (QED) is 0.831. The fourth-order valence-corrected chi connectivity index (χ4v) is 2.97. The Bertz CT molecular complexity index is 667. The first kappa shape index (κ1) is 17.4. The van der Waals surface area contributed by atoms with Gasteiger partial charge in [0.05, 0.1) is 24.5 Å². The fourth-order valence-electron chi connectivity index (χ4n) is 2.97. The number of amides is 2. The van der Waals surface area contributed by atoms with E-state index < -0.39 is 0 Å². The Morgan fingerprint density at radius 3 is 3.08 bits per heavy atom. The van der Waals surface area contributed by atoms with Crippen molar-refractivity contribution >= 4 is 6.03 Å². The van der Waals surface area contributed by atoms with Gasteiger partial charge in [-0.3, -0.25) is 9.67 Å². The van der Waals surface area contributed by atoms with Gasteiger partial charge in [0.2, 0.25) is 0 Å². The van der Waals surface area contributed by atoms with E-state index in [-0.39, 0.29) is 12.1 Å². The predicted molar refractivity (Wildman–Crippen MR) is 93.9 cm³/mol. The van der Waals surface area contributed by atoms with Crippen molar-refractivity contribution in [1.82, 2.24) is 25.0 Å². The second kappa shape index (κ2) is 8.62. The number of urea groups is 1. The van der Waals surface area contributed by atoms with Crippen LogP contribution in [-0.4, -0.2) is 51.5 Å². The average molecular weight is 343 g/mol. The Kier molecular flexibility index (Phi) is 6.00. The van der Waals surface area contributed by atoms with Crippen LogP contribution in [0.1, 0.15) is 24.1 Å². The van der Waals surface area contributed by atoms with E-state index in [0.717, 1.165) is 37.1 Å². The lowest BCUT2D eigenvalue weighted by molar-refractivity contribution is 0.0792. The lowest BCUT2D eigenvalue weighted by Crippen LogP contribution is -2.44. The molecule has 7 nitrogen and oxygen atoms in total. The number of aryl methyl sites for hydroxylation is 1. The van der Waals surface area contributed by atoms with E-state index >= 15 is 0 Å². The highest BCUT2D eigenvalue weighted by Crippen LogP contribution is 2.14. The van der Waals surface area contributed by atoms with E-state index in [0.29, 0.717) is 19.6 Å². The van der Waals surface area contributed by atoms with Gasteiger partial charge in [0.25, 0.3) is 0 Å². The summed E-state index contributed by atoms with van der Waals surface area (Å²) in [6.45, 7) is 2.44. The topological polar surface area (TPSA) is 72.3 Å². The van der Waals surface area contributed by atoms with Gasteiger partial charge in [-0.1, -0.05) is 6.07 Å². The predicted octanol–water partition coefficient (Wildman–Crippen LogP) is 1.75. The number of carbonyl (C=O) groups is 1. The molecule has 2 aromatic rings.